The largest absolute Gasteiger partial charge is 0.366 e. The number of carbonyl (C=O) groups is 2. The first kappa shape index (κ1) is 21.7. The third kappa shape index (κ3) is 4.27. The van der Waals surface area contributed by atoms with Crippen molar-refractivity contribution in [2.45, 2.75) is 24.3 Å². The number of aryl methyl sites for hydroxylation is 1. The zero-order valence-electron chi connectivity index (χ0n) is 17.2. The molecular formula is C22H19N5O3S2. The molecule has 1 aromatic carbocycles. The predicted octanol–water partition coefficient (Wildman–Crippen LogP) is 3.37. The summed E-state index contributed by atoms with van der Waals surface area (Å²) >= 11 is 2.35. The van der Waals surface area contributed by atoms with Crippen molar-refractivity contribution in [1.29, 1.82) is 0 Å². The van der Waals surface area contributed by atoms with Crippen molar-refractivity contribution in [3.8, 4) is 5.82 Å². The van der Waals surface area contributed by atoms with Gasteiger partial charge in [-0.2, -0.15) is 0 Å². The topological polar surface area (TPSA) is 120 Å². The number of primary amides is 1. The Morgan fingerprint density at radius 3 is 2.75 bits per heavy atom. The second-order valence-electron chi connectivity index (χ2n) is 7.02. The summed E-state index contributed by atoms with van der Waals surface area (Å²) in [6.45, 7) is 3.61. The van der Waals surface area contributed by atoms with Crippen molar-refractivity contribution < 1.29 is 9.59 Å². The number of nitrogens with two attached hydrogens (primary N) is 1. The maximum Gasteiger partial charge on any atom is 0.267 e. The summed E-state index contributed by atoms with van der Waals surface area (Å²) in [6, 6.07) is 12.2. The lowest BCUT2D eigenvalue weighted by molar-refractivity contribution is -0.115. The van der Waals surface area contributed by atoms with Crippen LogP contribution in [-0.2, 0) is 4.79 Å². The molecular weight excluding hydrogens is 446 g/mol. The van der Waals surface area contributed by atoms with Gasteiger partial charge in [-0.1, -0.05) is 23.9 Å². The van der Waals surface area contributed by atoms with Crippen LogP contribution in [0, 0.1) is 6.92 Å². The fourth-order valence-corrected chi connectivity index (χ4v) is 4.77. The molecule has 2 amide bonds. The van der Waals surface area contributed by atoms with Gasteiger partial charge in [-0.15, -0.1) is 11.3 Å². The van der Waals surface area contributed by atoms with Gasteiger partial charge in [-0.05, 0) is 55.1 Å². The van der Waals surface area contributed by atoms with Gasteiger partial charge in [0.1, 0.15) is 10.8 Å². The first-order valence-corrected chi connectivity index (χ1v) is 11.4. The highest BCUT2D eigenvalue weighted by Crippen LogP contribution is 2.28. The van der Waals surface area contributed by atoms with Crippen LogP contribution in [-0.4, -0.2) is 31.6 Å². The van der Waals surface area contributed by atoms with Crippen molar-refractivity contribution in [2.75, 3.05) is 5.32 Å². The number of hydrogen-bond acceptors (Lipinski definition) is 7. The summed E-state index contributed by atoms with van der Waals surface area (Å²) in [6.07, 6.45) is 1.62. The normalized spacial score (nSPS) is 11.9. The number of anilines is 1. The molecule has 0 bridgehead atoms. The van der Waals surface area contributed by atoms with Crippen molar-refractivity contribution in [3.05, 3.63) is 75.5 Å². The van der Waals surface area contributed by atoms with Gasteiger partial charge in [-0.25, -0.2) is 14.5 Å². The van der Waals surface area contributed by atoms with Crippen LogP contribution in [0.2, 0.25) is 0 Å². The molecule has 1 atom stereocenters. The SMILES string of the molecule is Cc1ccnc(-n2c(SC(C)C(=O)Nc3sccc3C(N)=O)nc3ccccc3c2=O)c1. The maximum atomic E-state index is 13.3. The number of thiophene rings is 1. The molecule has 4 rings (SSSR count). The number of benzene rings is 1. The molecule has 3 aromatic heterocycles. The van der Waals surface area contributed by atoms with Gasteiger partial charge < -0.3 is 11.1 Å². The minimum atomic E-state index is -0.623. The number of para-hydroxylation sites is 1. The Morgan fingerprint density at radius 1 is 1.22 bits per heavy atom. The minimum absolute atomic E-state index is 0.255. The van der Waals surface area contributed by atoms with E-state index in [4.69, 9.17) is 5.73 Å². The highest BCUT2D eigenvalue weighted by atomic mass is 32.2. The average molecular weight is 466 g/mol. The van der Waals surface area contributed by atoms with Crippen LogP contribution in [0.15, 0.2) is 64.0 Å². The number of aromatic nitrogens is 3. The molecule has 0 saturated carbocycles. The van der Waals surface area contributed by atoms with Crippen LogP contribution in [0.3, 0.4) is 0 Å². The van der Waals surface area contributed by atoms with Gasteiger partial charge in [-0.3, -0.25) is 14.4 Å². The predicted molar refractivity (Wildman–Crippen MR) is 127 cm³/mol. The Bertz CT molecular complexity index is 1400. The molecule has 1 unspecified atom stereocenters. The van der Waals surface area contributed by atoms with Crippen LogP contribution in [0.25, 0.3) is 16.7 Å². The highest BCUT2D eigenvalue weighted by Gasteiger charge is 2.22. The van der Waals surface area contributed by atoms with Gasteiger partial charge in [0.25, 0.3) is 11.5 Å². The lowest BCUT2D eigenvalue weighted by Gasteiger charge is -2.16. The third-order valence-corrected chi connectivity index (χ3v) is 6.58. The molecule has 0 radical (unpaired) electrons. The molecule has 0 aliphatic carbocycles. The standard InChI is InChI=1S/C22H19N5O3S2/c1-12-7-9-24-17(11-12)27-21(30)14-5-3-4-6-16(14)25-22(27)32-13(2)19(29)26-20-15(18(23)28)8-10-31-20/h3-11,13H,1-2H3,(H2,23,28)(H,26,29). The average Bonchev–Trinajstić information content (AvgIpc) is 3.22. The Kier molecular flexibility index (Phi) is 6.06. The molecule has 0 fully saturated rings. The van der Waals surface area contributed by atoms with Crippen LogP contribution >= 0.6 is 23.1 Å². The van der Waals surface area contributed by atoms with Crippen molar-refractivity contribution in [2.24, 2.45) is 5.73 Å². The molecule has 0 spiro atoms. The summed E-state index contributed by atoms with van der Waals surface area (Å²) < 4.78 is 1.42. The zero-order chi connectivity index (χ0) is 22.8. The molecule has 4 aromatic rings. The number of amides is 2. The van der Waals surface area contributed by atoms with E-state index >= 15 is 0 Å². The number of pyridine rings is 1. The Labute approximate surface area is 191 Å². The van der Waals surface area contributed by atoms with E-state index in [1.165, 1.54) is 15.9 Å². The molecule has 0 aliphatic rings. The van der Waals surface area contributed by atoms with Gasteiger partial charge in [0.15, 0.2) is 5.16 Å². The Morgan fingerprint density at radius 2 is 2.00 bits per heavy atom. The quantitative estimate of drug-likeness (QED) is 0.333. The lowest BCUT2D eigenvalue weighted by Crippen LogP contribution is -2.27. The van der Waals surface area contributed by atoms with Gasteiger partial charge in [0.2, 0.25) is 5.91 Å². The number of carbonyl (C=O) groups excluding carboxylic acids is 2. The fraction of sp³-hybridized carbons (Fsp3) is 0.136. The van der Waals surface area contributed by atoms with Crippen LogP contribution in [0.4, 0.5) is 5.00 Å². The summed E-state index contributed by atoms with van der Waals surface area (Å²) in [4.78, 5) is 46.7. The van der Waals surface area contributed by atoms with Crippen molar-refractivity contribution >= 4 is 50.8 Å². The van der Waals surface area contributed by atoms with Gasteiger partial charge in [0, 0.05) is 6.20 Å². The fourth-order valence-electron chi connectivity index (χ4n) is 3.06. The molecule has 0 aliphatic heterocycles. The van der Waals surface area contributed by atoms with Crippen molar-refractivity contribution in [1.82, 2.24) is 14.5 Å². The number of fused-ring (bicyclic) bond motifs is 1. The molecule has 162 valence electrons. The molecule has 32 heavy (non-hydrogen) atoms. The first-order chi connectivity index (χ1) is 15.3. The summed E-state index contributed by atoms with van der Waals surface area (Å²) in [7, 11) is 0. The minimum Gasteiger partial charge on any atom is -0.366 e. The van der Waals surface area contributed by atoms with E-state index < -0.39 is 11.2 Å². The number of nitrogens with one attached hydrogen (secondary N) is 1. The smallest absolute Gasteiger partial charge is 0.267 e. The molecule has 10 heteroatoms. The molecule has 0 saturated heterocycles. The van der Waals surface area contributed by atoms with Crippen LogP contribution < -0.4 is 16.6 Å². The van der Waals surface area contributed by atoms with E-state index in [0.29, 0.717) is 26.9 Å². The lowest BCUT2D eigenvalue weighted by atomic mass is 10.2. The second-order valence-corrected chi connectivity index (χ2v) is 9.24. The van der Waals surface area contributed by atoms with E-state index in [1.807, 2.05) is 13.0 Å². The van der Waals surface area contributed by atoms with Gasteiger partial charge in [0.05, 0.1) is 21.7 Å². The maximum absolute atomic E-state index is 13.3. The van der Waals surface area contributed by atoms with E-state index in [-0.39, 0.29) is 17.0 Å². The number of thioether (sulfide) groups is 1. The number of rotatable bonds is 6. The van der Waals surface area contributed by atoms with Crippen LogP contribution in [0.5, 0.6) is 0 Å². The summed E-state index contributed by atoms with van der Waals surface area (Å²) in [5.74, 6) is -0.527. The molecule has 3 heterocycles. The second kappa shape index (κ2) is 8.93. The zero-order valence-corrected chi connectivity index (χ0v) is 18.9. The van der Waals surface area contributed by atoms with E-state index in [0.717, 1.165) is 17.3 Å². The van der Waals surface area contributed by atoms with E-state index in [1.54, 1.807) is 54.9 Å². The Hall–Kier alpha value is -3.50. The monoisotopic (exact) mass is 465 g/mol. The molecule has 8 nitrogen and oxygen atoms in total. The number of hydrogen-bond donors (Lipinski definition) is 2. The van der Waals surface area contributed by atoms with E-state index in [2.05, 4.69) is 15.3 Å². The van der Waals surface area contributed by atoms with Crippen molar-refractivity contribution in [3.63, 3.8) is 0 Å². The first-order valence-electron chi connectivity index (χ1n) is 9.65. The van der Waals surface area contributed by atoms with E-state index in [9.17, 15) is 14.4 Å². The third-order valence-electron chi connectivity index (χ3n) is 4.69. The highest BCUT2D eigenvalue weighted by molar-refractivity contribution is 8.00. The van der Waals surface area contributed by atoms with Crippen LogP contribution in [0.1, 0.15) is 22.8 Å². The molecule has 3 N–H and O–H groups in total. The Balaban J connectivity index is 1.72. The van der Waals surface area contributed by atoms with Gasteiger partial charge >= 0.3 is 0 Å². The summed E-state index contributed by atoms with van der Waals surface area (Å²) in [5.41, 5.74) is 6.82. The summed E-state index contributed by atoms with van der Waals surface area (Å²) in [5, 5.41) is 4.99. The number of nitrogens with zero attached hydrogens (tertiary/aromatic N) is 3.